The topological polar surface area (TPSA) is 66.8 Å². The average molecular weight is 305 g/mol. The molecule has 1 saturated heterocycles. The molecule has 1 amide bonds. The second-order valence-electron chi connectivity index (χ2n) is 6.86. The van der Waals surface area contributed by atoms with Crippen LogP contribution in [0.25, 0.3) is 0 Å². The number of carboxylic acids is 1. The number of rotatable bonds is 3. The Labute approximate surface area is 130 Å². The number of carbonyl (C=O) groups excluding carboxylic acids is 1. The molecule has 120 valence electrons. The van der Waals surface area contributed by atoms with Gasteiger partial charge >= 0.3 is 12.1 Å². The van der Waals surface area contributed by atoms with Crippen LogP contribution in [0.1, 0.15) is 26.3 Å². The van der Waals surface area contributed by atoms with Crippen molar-refractivity contribution in [2.75, 3.05) is 13.1 Å². The highest BCUT2D eigenvalue weighted by molar-refractivity contribution is 5.74. The largest absolute Gasteiger partial charge is 0.481 e. The fraction of sp³-hybridized carbons (Fsp3) is 0.529. The molecule has 0 radical (unpaired) electrons. The van der Waals surface area contributed by atoms with Crippen molar-refractivity contribution in [1.29, 1.82) is 0 Å². The predicted octanol–water partition coefficient (Wildman–Crippen LogP) is 3.00. The second-order valence-corrected chi connectivity index (χ2v) is 6.86. The van der Waals surface area contributed by atoms with Crippen LogP contribution in [0.15, 0.2) is 30.3 Å². The Hall–Kier alpha value is -2.04. The van der Waals surface area contributed by atoms with Crippen molar-refractivity contribution in [3.8, 4) is 0 Å². The Morgan fingerprint density at radius 3 is 2.36 bits per heavy atom. The lowest BCUT2D eigenvalue weighted by Crippen LogP contribution is -2.32. The van der Waals surface area contributed by atoms with Gasteiger partial charge in [0.25, 0.3) is 0 Å². The van der Waals surface area contributed by atoms with E-state index < -0.39 is 18.0 Å². The maximum atomic E-state index is 12.2. The SMILES string of the molecule is CC(C)(C)C1CN(C(=O)OCc2ccccc2)CC1C(=O)O. The number of likely N-dealkylation sites (tertiary alicyclic amines) is 1. The highest BCUT2D eigenvalue weighted by atomic mass is 16.6. The molecule has 0 aliphatic carbocycles. The summed E-state index contributed by atoms with van der Waals surface area (Å²) in [6.45, 7) is 6.86. The summed E-state index contributed by atoms with van der Waals surface area (Å²) in [6.07, 6.45) is -0.443. The first-order valence-corrected chi connectivity index (χ1v) is 7.47. The van der Waals surface area contributed by atoms with Crippen LogP contribution in [0.3, 0.4) is 0 Å². The first-order valence-electron chi connectivity index (χ1n) is 7.47. The molecular weight excluding hydrogens is 282 g/mol. The molecule has 2 atom stereocenters. The molecule has 1 N–H and O–H groups in total. The standard InChI is InChI=1S/C17H23NO4/c1-17(2,3)14-10-18(9-13(14)15(19)20)16(21)22-11-12-7-5-4-6-8-12/h4-8,13-14H,9-11H2,1-3H3,(H,19,20). The van der Waals surface area contributed by atoms with Crippen LogP contribution in [0, 0.1) is 17.3 Å². The third kappa shape index (κ3) is 3.78. The van der Waals surface area contributed by atoms with Gasteiger partial charge in [0.2, 0.25) is 0 Å². The second kappa shape index (κ2) is 6.38. The van der Waals surface area contributed by atoms with Crippen molar-refractivity contribution in [3.05, 3.63) is 35.9 Å². The zero-order chi connectivity index (χ0) is 16.3. The summed E-state index contributed by atoms with van der Waals surface area (Å²) in [4.78, 5) is 25.1. The number of nitrogens with zero attached hydrogens (tertiary/aromatic N) is 1. The highest BCUT2D eigenvalue weighted by Crippen LogP contribution is 2.38. The summed E-state index contributed by atoms with van der Waals surface area (Å²) >= 11 is 0. The van der Waals surface area contributed by atoms with Crippen LogP contribution >= 0.6 is 0 Å². The number of carboxylic acid groups (broad SMARTS) is 1. The molecule has 1 fully saturated rings. The normalized spacial score (nSPS) is 21.7. The molecule has 2 rings (SSSR count). The van der Waals surface area contributed by atoms with Crippen LogP contribution in [0.4, 0.5) is 4.79 Å². The van der Waals surface area contributed by atoms with Crippen LogP contribution in [-0.2, 0) is 16.1 Å². The van der Waals surface area contributed by atoms with Crippen LogP contribution in [-0.4, -0.2) is 35.2 Å². The Bertz CT molecular complexity index is 535. The van der Waals surface area contributed by atoms with E-state index in [1.807, 2.05) is 51.1 Å². The maximum absolute atomic E-state index is 12.2. The quantitative estimate of drug-likeness (QED) is 0.932. The van der Waals surface area contributed by atoms with Gasteiger partial charge in [0, 0.05) is 13.1 Å². The van der Waals surface area contributed by atoms with Gasteiger partial charge in [-0.3, -0.25) is 4.79 Å². The van der Waals surface area contributed by atoms with Crippen molar-refractivity contribution in [2.45, 2.75) is 27.4 Å². The lowest BCUT2D eigenvalue weighted by Gasteiger charge is -2.29. The van der Waals surface area contributed by atoms with Gasteiger partial charge in [0.05, 0.1) is 5.92 Å². The van der Waals surface area contributed by atoms with E-state index in [0.717, 1.165) is 5.56 Å². The van der Waals surface area contributed by atoms with Gasteiger partial charge in [-0.2, -0.15) is 0 Å². The van der Waals surface area contributed by atoms with E-state index in [1.165, 1.54) is 4.90 Å². The molecule has 2 unspecified atom stereocenters. The molecule has 5 heteroatoms. The lowest BCUT2D eigenvalue weighted by atomic mass is 9.75. The summed E-state index contributed by atoms with van der Waals surface area (Å²) in [5.41, 5.74) is 0.745. The minimum absolute atomic E-state index is 0.0747. The van der Waals surface area contributed by atoms with Crippen molar-refractivity contribution < 1.29 is 19.4 Å². The molecule has 1 aliphatic rings. The number of benzene rings is 1. The van der Waals surface area contributed by atoms with Crippen LogP contribution in [0.2, 0.25) is 0 Å². The predicted molar refractivity (Wildman–Crippen MR) is 82.3 cm³/mol. The molecule has 1 aromatic rings. The first kappa shape index (κ1) is 16.3. The number of aliphatic carboxylic acids is 1. The minimum atomic E-state index is -0.849. The molecule has 0 bridgehead atoms. The number of hydrogen-bond donors (Lipinski definition) is 1. The van der Waals surface area contributed by atoms with E-state index in [-0.39, 0.29) is 24.5 Å². The zero-order valence-electron chi connectivity index (χ0n) is 13.3. The van der Waals surface area contributed by atoms with E-state index >= 15 is 0 Å². The van der Waals surface area contributed by atoms with Crippen LogP contribution < -0.4 is 0 Å². The fourth-order valence-electron chi connectivity index (χ4n) is 2.89. The molecule has 22 heavy (non-hydrogen) atoms. The van der Waals surface area contributed by atoms with Crippen molar-refractivity contribution in [2.24, 2.45) is 17.3 Å². The number of amides is 1. The van der Waals surface area contributed by atoms with Crippen molar-refractivity contribution >= 4 is 12.1 Å². The van der Waals surface area contributed by atoms with Gasteiger partial charge in [-0.15, -0.1) is 0 Å². The molecule has 1 heterocycles. The highest BCUT2D eigenvalue weighted by Gasteiger charge is 2.45. The molecule has 1 aromatic carbocycles. The molecule has 5 nitrogen and oxygen atoms in total. The summed E-state index contributed by atoms with van der Waals surface area (Å²) in [6, 6.07) is 9.44. The molecule has 0 saturated carbocycles. The Balaban J connectivity index is 1.98. The maximum Gasteiger partial charge on any atom is 0.410 e. The number of hydrogen-bond acceptors (Lipinski definition) is 3. The van der Waals surface area contributed by atoms with E-state index in [4.69, 9.17) is 4.74 Å². The van der Waals surface area contributed by atoms with Gasteiger partial charge in [-0.05, 0) is 16.9 Å². The summed E-state index contributed by atoms with van der Waals surface area (Å²) in [7, 11) is 0. The van der Waals surface area contributed by atoms with E-state index in [2.05, 4.69) is 0 Å². The van der Waals surface area contributed by atoms with Crippen LogP contribution in [0.5, 0.6) is 0 Å². The number of ether oxygens (including phenoxy) is 1. The third-order valence-corrected chi connectivity index (χ3v) is 4.21. The van der Waals surface area contributed by atoms with E-state index in [0.29, 0.717) is 6.54 Å². The Kier molecular flexibility index (Phi) is 4.74. The molecular formula is C17H23NO4. The van der Waals surface area contributed by atoms with Crippen molar-refractivity contribution in [1.82, 2.24) is 4.90 Å². The van der Waals surface area contributed by atoms with Gasteiger partial charge in [0.15, 0.2) is 0 Å². The smallest absolute Gasteiger partial charge is 0.410 e. The van der Waals surface area contributed by atoms with Crippen molar-refractivity contribution in [3.63, 3.8) is 0 Å². The number of carbonyl (C=O) groups is 2. The van der Waals surface area contributed by atoms with Gasteiger partial charge in [-0.25, -0.2) is 4.79 Å². The molecule has 0 aromatic heterocycles. The molecule has 0 spiro atoms. The Morgan fingerprint density at radius 1 is 1.23 bits per heavy atom. The first-order chi connectivity index (χ1) is 10.3. The average Bonchev–Trinajstić information content (AvgIpc) is 2.91. The lowest BCUT2D eigenvalue weighted by molar-refractivity contribution is -0.143. The van der Waals surface area contributed by atoms with E-state index in [9.17, 15) is 14.7 Å². The monoisotopic (exact) mass is 305 g/mol. The summed E-state index contributed by atoms with van der Waals surface area (Å²) < 4.78 is 5.30. The summed E-state index contributed by atoms with van der Waals surface area (Å²) in [5, 5.41) is 9.38. The Morgan fingerprint density at radius 2 is 1.86 bits per heavy atom. The zero-order valence-corrected chi connectivity index (χ0v) is 13.3. The molecule has 1 aliphatic heterocycles. The van der Waals surface area contributed by atoms with Gasteiger partial charge in [-0.1, -0.05) is 51.1 Å². The summed E-state index contributed by atoms with van der Waals surface area (Å²) in [5.74, 6) is -1.46. The van der Waals surface area contributed by atoms with Gasteiger partial charge in [0.1, 0.15) is 6.61 Å². The van der Waals surface area contributed by atoms with Gasteiger partial charge < -0.3 is 14.7 Å². The minimum Gasteiger partial charge on any atom is -0.481 e. The van der Waals surface area contributed by atoms with E-state index in [1.54, 1.807) is 0 Å². The third-order valence-electron chi connectivity index (χ3n) is 4.21. The fourth-order valence-corrected chi connectivity index (χ4v) is 2.89.